The highest BCUT2D eigenvalue weighted by Gasteiger charge is 2.44. The number of carbonyl (C=O) groups excluding carboxylic acids is 1. The average Bonchev–Trinajstić information content (AvgIpc) is 2.86. The third kappa shape index (κ3) is 3.01. The molecule has 0 aliphatic carbocycles. The van der Waals surface area contributed by atoms with Crippen molar-refractivity contribution in [1.29, 1.82) is 0 Å². The Labute approximate surface area is 136 Å². The van der Waals surface area contributed by atoms with Gasteiger partial charge < -0.3 is 14.4 Å². The van der Waals surface area contributed by atoms with Gasteiger partial charge >= 0.3 is 6.09 Å². The molecule has 1 aromatic heterocycles. The molecule has 122 valence electrons. The third-order valence-corrected chi connectivity index (χ3v) is 5.46. The first kappa shape index (κ1) is 15.8. The fourth-order valence-corrected chi connectivity index (χ4v) is 4.55. The summed E-state index contributed by atoms with van der Waals surface area (Å²) in [7, 11) is 0. The van der Waals surface area contributed by atoms with Crippen LogP contribution in [-0.4, -0.2) is 35.8 Å². The van der Waals surface area contributed by atoms with E-state index < -0.39 is 5.60 Å². The van der Waals surface area contributed by atoms with Gasteiger partial charge in [0.25, 0.3) is 0 Å². The van der Waals surface area contributed by atoms with Crippen molar-refractivity contribution in [2.75, 3.05) is 13.1 Å². The second kappa shape index (κ2) is 5.53. The van der Waals surface area contributed by atoms with E-state index in [0.717, 1.165) is 19.3 Å². The minimum atomic E-state index is -0.441. The fraction of sp³-hybridized carbons (Fsp3) is 0.706. The molecular weight excluding hydrogens is 298 g/mol. The number of thiophene rings is 1. The zero-order valence-corrected chi connectivity index (χ0v) is 14.7. The number of fused-ring (bicyclic) bond motifs is 2. The maximum absolute atomic E-state index is 12.2. The number of carbonyl (C=O) groups is 1. The van der Waals surface area contributed by atoms with Gasteiger partial charge in [-0.05, 0) is 64.0 Å². The van der Waals surface area contributed by atoms with Crippen molar-refractivity contribution in [2.24, 2.45) is 0 Å². The highest BCUT2D eigenvalue weighted by molar-refractivity contribution is 7.10. The van der Waals surface area contributed by atoms with E-state index in [1.165, 1.54) is 10.4 Å². The molecule has 1 saturated heterocycles. The van der Waals surface area contributed by atoms with Crippen LogP contribution < -0.4 is 0 Å². The van der Waals surface area contributed by atoms with Gasteiger partial charge in [0, 0.05) is 18.0 Å². The molecule has 1 spiro atoms. The summed E-state index contributed by atoms with van der Waals surface area (Å²) in [5.74, 6) is 0. The highest BCUT2D eigenvalue weighted by atomic mass is 32.1. The lowest BCUT2D eigenvalue weighted by Crippen LogP contribution is -2.50. The quantitative estimate of drug-likeness (QED) is 0.726. The van der Waals surface area contributed by atoms with E-state index in [2.05, 4.69) is 18.4 Å². The molecule has 2 aliphatic heterocycles. The molecule has 0 saturated carbocycles. The van der Waals surface area contributed by atoms with Crippen molar-refractivity contribution in [1.82, 2.24) is 4.90 Å². The third-order valence-electron chi connectivity index (χ3n) is 4.32. The number of amides is 1. The smallest absolute Gasteiger partial charge is 0.410 e. The molecule has 2 aliphatic rings. The first-order valence-electron chi connectivity index (χ1n) is 8.02. The van der Waals surface area contributed by atoms with Gasteiger partial charge in [-0.25, -0.2) is 4.79 Å². The van der Waals surface area contributed by atoms with Gasteiger partial charge in [-0.15, -0.1) is 11.3 Å². The summed E-state index contributed by atoms with van der Waals surface area (Å²) in [4.78, 5) is 15.4. The Bertz CT molecular complexity index is 552. The van der Waals surface area contributed by atoms with Crippen LogP contribution in [0.5, 0.6) is 0 Å². The number of ether oxygens (including phenoxy) is 2. The summed E-state index contributed by atoms with van der Waals surface area (Å²) < 4.78 is 11.8. The SMILES string of the molecule is CC1Cc2ccsc2C2(CCN(C(=O)OC(C)(C)C)CC2)O1. The summed E-state index contributed by atoms with van der Waals surface area (Å²) >= 11 is 1.79. The Morgan fingerprint density at radius 1 is 1.41 bits per heavy atom. The molecule has 0 aromatic carbocycles. The Morgan fingerprint density at radius 3 is 2.73 bits per heavy atom. The van der Waals surface area contributed by atoms with Crippen LogP contribution in [0.4, 0.5) is 4.79 Å². The maximum atomic E-state index is 12.2. The van der Waals surface area contributed by atoms with Crippen molar-refractivity contribution in [3.05, 3.63) is 21.9 Å². The monoisotopic (exact) mass is 323 g/mol. The Morgan fingerprint density at radius 2 is 2.09 bits per heavy atom. The van der Waals surface area contributed by atoms with E-state index >= 15 is 0 Å². The fourth-order valence-electron chi connectivity index (χ4n) is 3.41. The predicted octanol–water partition coefficient (Wildman–Crippen LogP) is 3.94. The molecule has 22 heavy (non-hydrogen) atoms. The molecular formula is C17H25NO3S. The summed E-state index contributed by atoms with van der Waals surface area (Å²) in [6.45, 7) is 9.24. The predicted molar refractivity (Wildman–Crippen MR) is 87.3 cm³/mol. The van der Waals surface area contributed by atoms with Crippen molar-refractivity contribution < 1.29 is 14.3 Å². The zero-order chi connectivity index (χ0) is 16.0. The molecule has 4 nitrogen and oxygen atoms in total. The lowest BCUT2D eigenvalue weighted by atomic mass is 9.84. The van der Waals surface area contributed by atoms with Gasteiger partial charge in [-0.1, -0.05) is 0 Å². The maximum Gasteiger partial charge on any atom is 0.410 e. The van der Waals surface area contributed by atoms with Crippen LogP contribution in [0.2, 0.25) is 0 Å². The lowest BCUT2D eigenvalue weighted by Gasteiger charge is -2.45. The first-order valence-corrected chi connectivity index (χ1v) is 8.90. The summed E-state index contributed by atoms with van der Waals surface area (Å²) in [5, 5.41) is 2.16. The molecule has 1 fully saturated rings. The molecule has 1 unspecified atom stereocenters. The van der Waals surface area contributed by atoms with Crippen LogP contribution in [0.3, 0.4) is 0 Å². The topological polar surface area (TPSA) is 38.8 Å². The number of nitrogens with zero attached hydrogens (tertiary/aromatic N) is 1. The molecule has 3 rings (SSSR count). The van der Waals surface area contributed by atoms with E-state index in [9.17, 15) is 4.79 Å². The van der Waals surface area contributed by atoms with Gasteiger partial charge in [0.15, 0.2) is 0 Å². The van der Waals surface area contributed by atoms with Crippen LogP contribution in [0.25, 0.3) is 0 Å². The molecule has 1 aromatic rings. The standard InChI is InChI=1S/C17H25NO3S/c1-12-11-13-5-10-22-14(13)17(20-12)6-8-18(9-7-17)15(19)21-16(2,3)4/h5,10,12H,6-9,11H2,1-4H3. The van der Waals surface area contributed by atoms with Crippen LogP contribution in [-0.2, 0) is 21.5 Å². The van der Waals surface area contributed by atoms with E-state index in [1.807, 2.05) is 25.7 Å². The molecule has 0 bridgehead atoms. The number of rotatable bonds is 0. The summed E-state index contributed by atoms with van der Waals surface area (Å²) in [6.07, 6.45) is 2.73. The number of piperidine rings is 1. The summed E-state index contributed by atoms with van der Waals surface area (Å²) in [5.41, 5.74) is 0.789. The highest BCUT2D eigenvalue weighted by Crippen LogP contribution is 2.45. The lowest BCUT2D eigenvalue weighted by molar-refractivity contribution is -0.129. The second-order valence-electron chi connectivity index (χ2n) is 7.37. The number of likely N-dealkylation sites (tertiary alicyclic amines) is 1. The minimum Gasteiger partial charge on any atom is -0.444 e. The van der Waals surface area contributed by atoms with E-state index in [1.54, 1.807) is 11.3 Å². The van der Waals surface area contributed by atoms with Crippen molar-refractivity contribution in [3.8, 4) is 0 Å². The Kier molecular flexibility index (Phi) is 3.98. The molecule has 5 heteroatoms. The van der Waals surface area contributed by atoms with Gasteiger partial charge in [0.05, 0.1) is 6.10 Å². The van der Waals surface area contributed by atoms with Gasteiger partial charge in [-0.3, -0.25) is 0 Å². The molecule has 0 N–H and O–H groups in total. The van der Waals surface area contributed by atoms with Crippen molar-refractivity contribution >= 4 is 17.4 Å². The normalized spacial score (nSPS) is 24.2. The number of hydrogen-bond acceptors (Lipinski definition) is 4. The largest absolute Gasteiger partial charge is 0.444 e. The van der Waals surface area contributed by atoms with E-state index in [4.69, 9.17) is 9.47 Å². The average molecular weight is 323 g/mol. The molecule has 0 radical (unpaired) electrons. The summed E-state index contributed by atoms with van der Waals surface area (Å²) in [6, 6.07) is 2.22. The second-order valence-corrected chi connectivity index (χ2v) is 8.29. The van der Waals surface area contributed by atoms with Gasteiger partial charge in [0.2, 0.25) is 0 Å². The van der Waals surface area contributed by atoms with Gasteiger partial charge in [0.1, 0.15) is 11.2 Å². The molecule has 1 atom stereocenters. The first-order chi connectivity index (χ1) is 10.3. The number of hydrogen-bond donors (Lipinski definition) is 0. The van der Waals surface area contributed by atoms with E-state index in [0.29, 0.717) is 13.1 Å². The minimum absolute atomic E-state index is 0.195. The van der Waals surface area contributed by atoms with E-state index in [-0.39, 0.29) is 17.8 Å². The van der Waals surface area contributed by atoms with Crippen LogP contribution >= 0.6 is 11.3 Å². The van der Waals surface area contributed by atoms with Crippen molar-refractivity contribution in [3.63, 3.8) is 0 Å². The Balaban J connectivity index is 1.71. The molecule has 3 heterocycles. The van der Waals surface area contributed by atoms with Crippen molar-refractivity contribution in [2.45, 2.75) is 64.3 Å². The van der Waals surface area contributed by atoms with Crippen LogP contribution in [0.1, 0.15) is 51.0 Å². The Hall–Kier alpha value is -1.07. The molecule has 1 amide bonds. The van der Waals surface area contributed by atoms with Crippen LogP contribution in [0.15, 0.2) is 11.4 Å². The zero-order valence-electron chi connectivity index (χ0n) is 13.8. The van der Waals surface area contributed by atoms with Gasteiger partial charge in [-0.2, -0.15) is 0 Å². The van der Waals surface area contributed by atoms with Crippen LogP contribution in [0, 0.1) is 0 Å².